The molecule has 4 heteroatoms. The van der Waals surface area contributed by atoms with Crippen LogP contribution in [0.2, 0.25) is 0 Å². The number of nitrogens with zero attached hydrogens (tertiary/aromatic N) is 2. The van der Waals surface area contributed by atoms with E-state index in [9.17, 15) is 5.11 Å². The number of anilines is 1. The second kappa shape index (κ2) is 3.30. The van der Waals surface area contributed by atoms with E-state index in [2.05, 4.69) is 10.2 Å². The zero-order valence-corrected chi connectivity index (χ0v) is 7.35. The van der Waals surface area contributed by atoms with Crippen LogP contribution >= 0.6 is 0 Å². The fourth-order valence-corrected chi connectivity index (χ4v) is 1.41. The SMILES string of the molecule is Nc1cnncc1C(O)CC1CC1. The van der Waals surface area contributed by atoms with Crippen molar-refractivity contribution in [3.8, 4) is 0 Å². The van der Waals surface area contributed by atoms with Crippen LogP contribution in [-0.2, 0) is 0 Å². The lowest BCUT2D eigenvalue weighted by Crippen LogP contribution is -2.04. The van der Waals surface area contributed by atoms with Crippen LogP contribution < -0.4 is 5.73 Å². The van der Waals surface area contributed by atoms with E-state index >= 15 is 0 Å². The molecule has 0 aromatic carbocycles. The summed E-state index contributed by atoms with van der Waals surface area (Å²) in [5.74, 6) is 0.683. The van der Waals surface area contributed by atoms with Crippen molar-refractivity contribution < 1.29 is 5.11 Å². The van der Waals surface area contributed by atoms with E-state index in [0.29, 0.717) is 17.2 Å². The number of nitrogen functional groups attached to an aromatic ring is 1. The Morgan fingerprint density at radius 2 is 2.15 bits per heavy atom. The van der Waals surface area contributed by atoms with Crippen molar-refractivity contribution in [1.29, 1.82) is 0 Å². The molecule has 1 atom stereocenters. The van der Waals surface area contributed by atoms with Gasteiger partial charge in [0, 0.05) is 5.56 Å². The fourth-order valence-electron chi connectivity index (χ4n) is 1.41. The standard InChI is InChI=1S/C9H13N3O/c10-8-5-12-11-4-7(8)9(13)3-6-1-2-6/h4-6,9,13H,1-3H2,(H2,10,11). The minimum absolute atomic E-state index is 0.469. The minimum atomic E-state index is -0.469. The van der Waals surface area contributed by atoms with Gasteiger partial charge in [0.1, 0.15) is 0 Å². The molecule has 1 unspecified atom stereocenters. The smallest absolute Gasteiger partial charge is 0.0829 e. The maximum atomic E-state index is 9.76. The van der Waals surface area contributed by atoms with Crippen molar-refractivity contribution in [2.75, 3.05) is 5.73 Å². The first-order chi connectivity index (χ1) is 6.27. The van der Waals surface area contributed by atoms with E-state index in [0.717, 1.165) is 6.42 Å². The second-order valence-electron chi connectivity index (χ2n) is 3.59. The van der Waals surface area contributed by atoms with E-state index in [1.807, 2.05) is 0 Å². The third-order valence-electron chi connectivity index (χ3n) is 2.41. The van der Waals surface area contributed by atoms with Gasteiger partial charge in [-0.3, -0.25) is 0 Å². The molecule has 3 N–H and O–H groups in total. The van der Waals surface area contributed by atoms with E-state index in [-0.39, 0.29) is 0 Å². The van der Waals surface area contributed by atoms with Gasteiger partial charge in [-0.05, 0) is 12.3 Å². The van der Waals surface area contributed by atoms with Gasteiger partial charge in [-0.25, -0.2) is 0 Å². The van der Waals surface area contributed by atoms with Crippen molar-refractivity contribution in [2.24, 2.45) is 5.92 Å². The topological polar surface area (TPSA) is 72.0 Å². The third-order valence-corrected chi connectivity index (χ3v) is 2.41. The molecule has 13 heavy (non-hydrogen) atoms. The molecule has 1 aliphatic rings. The number of nitrogens with two attached hydrogens (primary N) is 1. The molecule has 0 saturated heterocycles. The Morgan fingerprint density at radius 3 is 2.77 bits per heavy atom. The van der Waals surface area contributed by atoms with Crippen LogP contribution in [0, 0.1) is 5.92 Å². The first kappa shape index (κ1) is 8.44. The van der Waals surface area contributed by atoms with E-state index in [1.165, 1.54) is 19.0 Å². The fraction of sp³-hybridized carbons (Fsp3) is 0.556. The Hall–Kier alpha value is -1.16. The molecule has 0 spiro atoms. The predicted molar refractivity (Wildman–Crippen MR) is 48.7 cm³/mol. The highest BCUT2D eigenvalue weighted by Crippen LogP contribution is 2.38. The van der Waals surface area contributed by atoms with Crippen molar-refractivity contribution in [2.45, 2.75) is 25.4 Å². The molecule has 0 radical (unpaired) electrons. The number of aliphatic hydroxyl groups excluding tert-OH is 1. The van der Waals surface area contributed by atoms with Crippen LogP contribution in [0.3, 0.4) is 0 Å². The number of hydrogen-bond acceptors (Lipinski definition) is 4. The number of rotatable bonds is 3. The molecule has 1 aliphatic carbocycles. The van der Waals surface area contributed by atoms with E-state index in [1.54, 1.807) is 6.20 Å². The van der Waals surface area contributed by atoms with Crippen LogP contribution in [0.4, 0.5) is 5.69 Å². The number of aromatic nitrogens is 2. The highest BCUT2D eigenvalue weighted by atomic mass is 16.3. The van der Waals surface area contributed by atoms with Crippen molar-refractivity contribution >= 4 is 5.69 Å². The summed E-state index contributed by atoms with van der Waals surface area (Å²) in [6, 6.07) is 0. The zero-order valence-electron chi connectivity index (χ0n) is 7.35. The summed E-state index contributed by atoms with van der Waals surface area (Å²) >= 11 is 0. The first-order valence-corrected chi connectivity index (χ1v) is 4.51. The highest BCUT2D eigenvalue weighted by molar-refractivity contribution is 5.43. The van der Waals surface area contributed by atoms with Crippen molar-refractivity contribution in [3.05, 3.63) is 18.0 Å². The second-order valence-corrected chi connectivity index (χ2v) is 3.59. The zero-order chi connectivity index (χ0) is 9.26. The van der Waals surface area contributed by atoms with Crippen LogP contribution in [0.1, 0.15) is 30.9 Å². The number of aliphatic hydroxyl groups is 1. The summed E-state index contributed by atoms with van der Waals surface area (Å²) in [6.07, 6.45) is 5.82. The molecular formula is C9H13N3O. The van der Waals surface area contributed by atoms with Gasteiger partial charge in [0.25, 0.3) is 0 Å². The van der Waals surface area contributed by atoms with Gasteiger partial charge in [0.05, 0.1) is 24.2 Å². The molecule has 2 rings (SSSR count). The summed E-state index contributed by atoms with van der Waals surface area (Å²) < 4.78 is 0. The Bertz CT molecular complexity index is 299. The quantitative estimate of drug-likeness (QED) is 0.722. The lowest BCUT2D eigenvalue weighted by atomic mass is 10.1. The Morgan fingerprint density at radius 1 is 1.46 bits per heavy atom. The summed E-state index contributed by atoms with van der Waals surface area (Å²) in [6.45, 7) is 0. The molecule has 0 amide bonds. The lowest BCUT2D eigenvalue weighted by Gasteiger charge is -2.10. The summed E-state index contributed by atoms with van der Waals surface area (Å²) in [5.41, 5.74) is 6.90. The van der Waals surface area contributed by atoms with Crippen LogP contribution in [-0.4, -0.2) is 15.3 Å². The van der Waals surface area contributed by atoms with Gasteiger partial charge in [-0.1, -0.05) is 12.8 Å². The largest absolute Gasteiger partial charge is 0.397 e. The summed E-state index contributed by atoms with van der Waals surface area (Å²) in [5, 5.41) is 17.1. The Labute approximate surface area is 76.8 Å². The Balaban J connectivity index is 2.09. The molecule has 70 valence electrons. The van der Waals surface area contributed by atoms with Gasteiger partial charge < -0.3 is 10.8 Å². The summed E-state index contributed by atoms with van der Waals surface area (Å²) in [4.78, 5) is 0. The predicted octanol–water partition coefficient (Wildman–Crippen LogP) is 0.892. The van der Waals surface area contributed by atoms with Crippen LogP contribution in [0.25, 0.3) is 0 Å². The molecule has 4 nitrogen and oxygen atoms in total. The molecule has 1 heterocycles. The van der Waals surface area contributed by atoms with Gasteiger partial charge >= 0.3 is 0 Å². The monoisotopic (exact) mass is 179 g/mol. The molecule has 1 saturated carbocycles. The maximum absolute atomic E-state index is 9.76. The van der Waals surface area contributed by atoms with Crippen molar-refractivity contribution in [3.63, 3.8) is 0 Å². The minimum Gasteiger partial charge on any atom is -0.397 e. The average molecular weight is 179 g/mol. The molecule has 1 fully saturated rings. The van der Waals surface area contributed by atoms with Crippen LogP contribution in [0.15, 0.2) is 12.4 Å². The van der Waals surface area contributed by atoms with E-state index < -0.39 is 6.10 Å². The highest BCUT2D eigenvalue weighted by Gasteiger charge is 2.26. The van der Waals surface area contributed by atoms with Gasteiger partial charge in [0.15, 0.2) is 0 Å². The Kier molecular flexibility index (Phi) is 2.14. The first-order valence-electron chi connectivity index (χ1n) is 4.51. The molecule has 1 aromatic rings. The molecule has 0 bridgehead atoms. The van der Waals surface area contributed by atoms with Gasteiger partial charge in [-0.2, -0.15) is 10.2 Å². The molecular weight excluding hydrogens is 166 g/mol. The third kappa shape index (κ3) is 1.95. The number of hydrogen-bond donors (Lipinski definition) is 2. The lowest BCUT2D eigenvalue weighted by molar-refractivity contribution is 0.160. The normalized spacial score (nSPS) is 18.5. The summed E-state index contributed by atoms with van der Waals surface area (Å²) in [7, 11) is 0. The molecule has 0 aliphatic heterocycles. The average Bonchev–Trinajstić information content (AvgIpc) is 2.89. The van der Waals surface area contributed by atoms with Crippen LogP contribution in [0.5, 0.6) is 0 Å². The molecule has 1 aromatic heterocycles. The maximum Gasteiger partial charge on any atom is 0.0829 e. The van der Waals surface area contributed by atoms with E-state index in [4.69, 9.17) is 5.73 Å². The van der Waals surface area contributed by atoms with Crippen molar-refractivity contribution in [1.82, 2.24) is 10.2 Å². The van der Waals surface area contributed by atoms with Gasteiger partial charge in [-0.15, -0.1) is 0 Å². The van der Waals surface area contributed by atoms with Gasteiger partial charge in [0.2, 0.25) is 0 Å².